The van der Waals surface area contributed by atoms with Crippen LogP contribution in [0.5, 0.6) is 0 Å². The topological polar surface area (TPSA) is 38.0 Å². The van der Waals surface area contributed by atoms with Crippen LogP contribution in [0.2, 0.25) is 0 Å². The highest BCUT2D eigenvalue weighted by Gasteiger charge is 2.38. The highest BCUT2D eigenvalue weighted by atomic mass is 15.2. The van der Waals surface area contributed by atoms with E-state index in [0.29, 0.717) is 6.04 Å². The second kappa shape index (κ2) is 7.24. The normalized spacial score (nSPS) is 18.4. The molecule has 0 amide bonds. The third kappa shape index (κ3) is 3.07. The minimum absolute atomic E-state index is 0.165. The van der Waals surface area contributed by atoms with Gasteiger partial charge in [-0.2, -0.15) is 0 Å². The third-order valence-corrected chi connectivity index (χ3v) is 5.52. The van der Waals surface area contributed by atoms with Gasteiger partial charge in [0, 0.05) is 11.5 Å². The van der Waals surface area contributed by atoms with Gasteiger partial charge in [-0.15, -0.1) is 0 Å². The Morgan fingerprint density at radius 2 is 1.75 bits per heavy atom. The van der Waals surface area contributed by atoms with E-state index in [0.717, 1.165) is 18.8 Å². The molecule has 0 bridgehead atoms. The lowest BCUT2D eigenvalue weighted by Gasteiger charge is -2.41. The summed E-state index contributed by atoms with van der Waals surface area (Å²) in [5.41, 5.74) is 4.77. The molecule has 1 atom stereocenters. The van der Waals surface area contributed by atoms with E-state index in [9.17, 15) is 0 Å². The molecule has 0 radical (unpaired) electrons. The van der Waals surface area contributed by atoms with Crippen molar-refractivity contribution in [3.8, 4) is 0 Å². The van der Waals surface area contributed by atoms with Crippen molar-refractivity contribution in [1.82, 2.24) is 5.43 Å². The first kappa shape index (κ1) is 15.5. The van der Waals surface area contributed by atoms with E-state index >= 15 is 0 Å². The molecule has 3 N–H and O–H groups in total. The van der Waals surface area contributed by atoms with E-state index < -0.39 is 0 Å². The SMILES string of the molecule is CCC(CC)(c1ccccc1)C(CC1CCCC1)NN. The van der Waals surface area contributed by atoms with Crippen molar-refractivity contribution in [3.05, 3.63) is 35.9 Å². The number of nitrogens with two attached hydrogens (primary N) is 1. The van der Waals surface area contributed by atoms with Gasteiger partial charge < -0.3 is 0 Å². The molecule has 0 spiro atoms. The highest BCUT2D eigenvalue weighted by molar-refractivity contribution is 5.27. The Morgan fingerprint density at radius 1 is 1.15 bits per heavy atom. The zero-order valence-corrected chi connectivity index (χ0v) is 13.1. The van der Waals surface area contributed by atoms with E-state index in [1.165, 1.54) is 37.7 Å². The largest absolute Gasteiger partial charge is 0.271 e. The number of hydrogen-bond donors (Lipinski definition) is 2. The van der Waals surface area contributed by atoms with Crippen LogP contribution in [-0.4, -0.2) is 6.04 Å². The van der Waals surface area contributed by atoms with Gasteiger partial charge in [-0.1, -0.05) is 69.9 Å². The van der Waals surface area contributed by atoms with Crippen molar-refractivity contribution in [2.24, 2.45) is 11.8 Å². The summed E-state index contributed by atoms with van der Waals surface area (Å²) in [6, 6.07) is 11.3. The number of benzene rings is 1. The molecule has 0 saturated heterocycles. The smallest absolute Gasteiger partial charge is 0.0309 e. The van der Waals surface area contributed by atoms with Crippen molar-refractivity contribution < 1.29 is 0 Å². The van der Waals surface area contributed by atoms with Crippen molar-refractivity contribution in [1.29, 1.82) is 0 Å². The fourth-order valence-electron chi connectivity index (χ4n) is 4.15. The van der Waals surface area contributed by atoms with Gasteiger partial charge in [0.2, 0.25) is 0 Å². The number of nitrogens with one attached hydrogen (secondary N) is 1. The van der Waals surface area contributed by atoms with E-state index in [1.807, 2.05) is 0 Å². The molecule has 0 aromatic heterocycles. The maximum absolute atomic E-state index is 5.98. The Morgan fingerprint density at radius 3 is 2.25 bits per heavy atom. The molecule has 0 aliphatic heterocycles. The molecular formula is C18H30N2. The minimum Gasteiger partial charge on any atom is -0.271 e. The van der Waals surface area contributed by atoms with Gasteiger partial charge in [0.15, 0.2) is 0 Å². The Balaban J connectivity index is 2.24. The standard InChI is InChI=1S/C18H30N2/c1-3-18(4-2,16-12-6-5-7-13-16)17(20-19)14-15-10-8-9-11-15/h5-7,12-13,15,17,20H,3-4,8-11,14,19H2,1-2H3. The molecule has 1 aliphatic rings. The molecule has 1 aromatic rings. The first-order valence-corrected chi connectivity index (χ1v) is 8.28. The molecule has 20 heavy (non-hydrogen) atoms. The van der Waals surface area contributed by atoms with Crippen LogP contribution in [0.1, 0.15) is 64.4 Å². The van der Waals surface area contributed by atoms with Gasteiger partial charge in [0.1, 0.15) is 0 Å². The molecule has 2 rings (SSSR count). The van der Waals surface area contributed by atoms with Crippen LogP contribution < -0.4 is 11.3 Å². The zero-order valence-electron chi connectivity index (χ0n) is 13.1. The molecule has 1 fully saturated rings. The predicted molar refractivity (Wildman–Crippen MR) is 86.4 cm³/mol. The number of hydrazine groups is 1. The summed E-state index contributed by atoms with van der Waals surface area (Å²) in [5.74, 6) is 6.83. The quantitative estimate of drug-likeness (QED) is 0.579. The van der Waals surface area contributed by atoms with Crippen LogP contribution in [0.3, 0.4) is 0 Å². The van der Waals surface area contributed by atoms with Gasteiger partial charge in [-0.3, -0.25) is 11.3 Å². The highest BCUT2D eigenvalue weighted by Crippen LogP contribution is 2.40. The second-order valence-corrected chi connectivity index (χ2v) is 6.33. The monoisotopic (exact) mass is 274 g/mol. The van der Waals surface area contributed by atoms with Gasteiger partial charge in [0.25, 0.3) is 0 Å². The van der Waals surface area contributed by atoms with E-state index in [2.05, 4.69) is 49.6 Å². The van der Waals surface area contributed by atoms with Gasteiger partial charge in [-0.25, -0.2) is 0 Å². The van der Waals surface area contributed by atoms with Crippen molar-refractivity contribution in [2.75, 3.05) is 0 Å². The van der Waals surface area contributed by atoms with E-state index in [-0.39, 0.29) is 5.41 Å². The maximum Gasteiger partial charge on any atom is 0.0309 e. The summed E-state index contributed by atoms with van der Waals surface area (Å²) in [4.78, 5) is 0. The summed E-state index contributed by atoms with van der Waals surface area (Å²) >= 11 is 0. The van der Waals surface area contributed by atoms with Gasteiger partial charge >= 0.3 is 0 Å². The fraction of sp³-hybridized carbons (Fsp3) is 0.667. The summed E-state index contributed by atoms with van der Waals surface area (Å²) < 4.78 is 0. The molecule has 1 aromatic carbocycles. The first-order valence-electron chi connectivity index (χ1n) is 8.28. The Labute approximate surface area is 124 Å². The summed E-state index contributed by atoms with van der Waals surface area (Å²) in [7, 11) is 0. The maximum atomic E-state index is 5.98. The summed E-state index contributed by atoms with van der Waals surface area (Å²) in [6.45, 7) is 4.60. The van der Waals surface area contributed by atoms with Crippen LogP contribution in [0.15, 0.2) is 30.3 Å². The Bertz CT molecular complexity index is 378. The number of hydrogen-bond acceptors (Lipinski definition) is 2. The zero-order chi connectivity index (χ0) is 14.4. The van der Waals surface area contributed by atoms with Gasteiger partial charge in [0.05, 0.1) is 0 Å². The molecule has 1 saturated carbocycles. The van der Waals surface area contributed by atoms with Crippen molar-refractivity contribution in [2.45, 2.75) is 70.3 Å². The first-order chi connectivity index (χ1) is 9.76. The molecule has 1 aliphatic carbocycles. The molecule has 2 heteroatoms. The second-order valence-electron chi connectivity index (χ2n) is 6.33. The Hall–Kier alpha value is -0.860. The molecular weight excluding hydrogens is 244 g/mol. The molecule has 1 unspecified atom stereocenters. The average Bonchev–Trinajstić information content (AvgIpc) is 3.02. The van der Waals surface area contributed by atoms with Crippen molar-refractivity contribution in [3.63, 3.8) is 0 Å². The molecule has 2 nitrogen and oxygen atoms in total. The van der Waals surface area contributed by atoms with Crippen LogP contribution in [0.4, 0.5) is 0 Å². The van der Waals surface area contributed by atoms with Crippen LogP contribution in [0.25, 0.3) is 0 Å². The minimum atomic E-state index is 0.165. The van der Waals surface area contributed by atoms with E-state index in [1.54, 1.807) is 0 Å². The number of rotatable bonds is 7. The average molecular weight is 274 g/mol. The van der Waals surface area contributed by atoms with Gasteiger partial charge in [-0.05, 0) is 30.7 Å². The van der Waals surface area contributed by atoms with Crippen LogP contribution >= 0.6 is 0 Å². The summed E-state index contributed by atoms with van der Waals surface area (Å²) in [5, 5.41) is 0. The lowest BCUT2D eigenvalue weighted by atomic mass is 9.68. The van der Waals surface area contributed by atoms with Crippen LogP contribution in [0, 0.1) is 5.92 Å². The molecule has 112 valence electrons. The third-order valence-electron chi connectivity index (χ3n) is 5.52. The van der Waals surface area contributed by atoms with Crippen molar-refractivity contribution >= 4 is 0 Å². The summed E-state index contributed by atoms with van der Waals surface area (Å²) in [6.07, 6.45) is 9.06. The Kier molecular flexibility index (Phi) is 5.62. The molecule has 0 heterocycles. The van der Waals surface area contributed by atoms with E-state index in [4.69, 9.17) is 5.84 Å². The lowest BCUT2D eigenvalue weighted by molar-refractivity contribution is 0.232. The predicted octanol–water partition coefficient (Wildman–Crippen LogP) is 4.16. The fourth-order valence-corrected chi connectivity index (χ4v) is 4.15. The lowest BCUT2D eigenvalue weighted by Crippen LogP contribution is -2.51. The van der Waals surface area contributed by atoms with Crippen LogP contribution in [-0.2, 0) is 5.41 Å².